The van der Waals surface area contributed by atoms with Gasteiger partial charge in [0.25, 0.3) is 10.0 Å². The van der Waals surface area contributed by atoms with Crippen LogP contribution in [0.3, 0.4) is 0 Å². The maximum atomic E-state index is 12.2. The fraction of sp³-hybridized carbons (Fsp3) is 0.0714. The molecule has 0 amide bonds. The van der Waals surface area contributed by atoms with Crippen molar-refractivity contribution in [2.75, 3.05) is 4.72 Å². The van der Waals surface area contributed by atoms with Crippen molar-refractivity contribution in [3.8, 4) is 0 Å². The van der Waals surface area contributed by atoms with Crippen LogP contribution in [0.1, 0.15) is 15.9 Å². The topological polar surface area (TPSA) is 83.5 Å². The van der Waals surface area contributed by atoms with Gasteiger partial charge in [0.1, 0.15) is 0 Å². The lowest BCUT2D eigenvalue weighted by molar-refractivity contribution is 0.0696. The van der Waals surface area contributed by atoms with Crippen LogP contribution in [0.25, 0.3) is 0 Å². The van der Waals surface area contributed by atoms with Gasteiger partial charge >= 0.3 is 5.97 Å². The number of carboxylic acid groups (broad SMARTS) is 1. The highest BCUT2D eigenvalue weighted by Crippen LogP contribution is 2.21. The number of nitrogens with one attached hydrogen (secondary N) is 1. The molecule has 0 heterocycles. The van der Waals surface area contributed by atoms with Crippen molar-refractivity contribution >= 4 is 33.3 Å². The Kier molecular flexibility index (Phi) is 4.20. The Bertz CT molecular complexity index is 802. The van der Waals surface area contributed by atoms with E-state index in [0.29, 0.717) is 10.6 Å². The molecule has 0 spiro atoms. The summed E-state index contributed by atoms with van der Waals surface area (Å²) in [6.45, 7) is 1.60. The number of halogens is 1. The Morgan fingerprint density at radius 3 is 2.48 bits per heavy atom. The number of aromatic carboxylic acids is 1. The molecule has 110 valence electrons. The second-order valence-electron chi connectivity index (χ2n) is 4.40. The zero-order valence-electron chi connectivity index (χ0n) is 11.0. The van der Waals surface area contributed by atoms with Crippen molar-refractivity contribution in [2.45, 2.75) is 11.8 Å². The number of benzene rings is 2. The molecular formula is C14H12ClNO4S. The van der Waals surface area contributed by atoms with E-state index >= 15 is 0 Å². The fourth-order valence-electron chi connectivity index (χ4n) is 1.82. The first-order valence-electron chi connectivity index (χ1n) is 5.92. The number of carboxylic acids is 1. The van der Waals surface area contributed by atoms with Gasteiger partial charge in [0.05, 0.1) is 10.5 Å². The second kappa shape index (κ2) is 5.75. The molecule has 0 saturated heterocycles. The third-order valence-electron chi connectivity index (χ3n) is 2.82. The van der Waals surface area contributed by atoms with E-state index in [4.69, 9.17) is 16.7 Å². The summed E-state index contributed by atoms with van der Waals surface area (Å²) in [5.41, 5.74) is 0.881. The van der Waals surface area contributed by atoms with Gasteiger partial charge in [0.2, 0.25) is 0 Å². The zero-order chi connectivity index (χ0) is 15.6. The van der Waals surface area contributed by atoms with Crippen LogP contribution in [0, 0.1) is 6.92 Å². The maximum Gasteiger partial charge on any atom is 0.335 e. The molecule has 0 bridgehead atoms. The summed E-state index contributed by atoms with van der Waals surface area (Å²) in [6.07, 6.45) is 0. The standard InChI is InChI=1S/C14H12ClNO4S/c1-9-7-11(5-6-13(9)14(17)18)16-21(19,20)12-4-2-3-10(15)8-12/h2-8,16H,1H3,(H,17,18). The predicted octanol–water partition coefficient (Wildman–Crippen LogP) is 3.15. The van der Waals surface area contributed by atoms with Crippen molar-refractivity contribution in [3.63, 3.8) is 0 Å². The summed E-state index contributed by atoms with van der Waals surface area (Å²) in [4.78, 5) is 11.0. The van der Waals surface area contributed by atoms with Crippen molar-refractivity contribution in [2.24, 2.45) is 0 Å². The largest absolute Gasteiger partial charge is 0.478 e. The van der Waals surface area contributed by atoms with Gasteiger partial charge in [-0.1, -0.05) is 17.7 Å². The molecule has 0 aromatic heterocycles. The molecule has 2 rings (SSSR count). The van der Waals surface area contributed by atoms with Crippen LogP contribution >= 0.6 is 11.6 Å². The van der Waals surface area contributed by atoms with Crippen molar-refractivity contribution < 1.29 is 18.3 Å². The monoisotopic (exact) mass is 325 g/mol. The number of hydrogen-bond donors (Lipinski definition) is 2. The molecule has 2 aromatic rings. The number of aryl methyl sites for hydroxylation is 1. The van der Waals surface area contributed by atoms with E-state index in [-0.39, 0.29) is 16.1 Å². The Hall–Kier alpha value is -2.05. The van der Waals surface area contributed by atoms with Crippen LogP contribution in [0.5, 0.6) is 0 Å². The highest BCUT2D eigenvalue weighted by molar-refractivity contribution is 7.92. The number of carbonyl (C=O) groups is 1. The van der Waals surface area contributed by atoms with Gasteiger partial charge < -0.3 is 5.11 Å². The summed E-state index contributed by atoms with van der Waals surface area (Å²) < 4.78 is 26.8. The molecule has 0 aliphatic heterocycles. The van der Waals surface area contributed by atoms with Crippen molar-refractivity contribution in [3.05, 3.63) is 58.6 Å². The molecule has 0 atom stereocenters. The first-order valence-corrected chi connectivity index (χ1v) is 7.78. The average molecular weight is 326 g/mol. The third kappa shape index (κ3) is 3.53. The number of hydrogen-bond acceptors (Lipinski definition) is 3. The molecule has 0 saturated carbocycles. The quantitative estimate of drug-likeness (QED) is 0.904. The summed E-state index contributed by atoms with van der Waals surface area (Å²) in [6, 6.07) is 10.1. The van der Waals surface area contributed by atoms with Gasteiger partial charge in [-0.3, -0.25) is 4.72 Å². The zero-order valence-corrected chi connectivity index (χ0v) is 12.6. The lowest BCUT2D eigenvalue weighted by Gasteiger charge is -2.10. The van der Waals surface area contributed by atoms with E-state index in [9.17, 15) is 13.2 Å². The summed E-state index contributed by atoms with van der Waals surface area (Å²) in [7, 11) is -3.77. The molecule has 0 aliphatic carbocycles. The Morgan fingerprint density at radius 1 is 1.19 bits per heavy atom. The maximum absolute atomic E-state index is 12.2. The minimum absolute atomic E-state index is 0.0370. The lowest BCUT2D eigenvalue weighted by atomic mass is 10.1. The molecular weight excluding hydrogens is 314 g/mol. The summed E-state index contributed by atoms with van der Waals surface area (Å²) in [5.74, 6) is -1.06. The smallest absolute Gasteiger partial charge is 0.335 e. The highest BCUT2D eigenvalue weighted by atomic mass is 35.5. The minimum atomic E-state index is -3.77. The highest BCUT2D eigenvalue weighted by Gasteiger charge is 2.15. The van der Waals surface area contributed by atoms with Crippen LogP contribution in [0.2, 0.25) is 5.02 Å². The van der Waals surface area contributed by atoms with Gasteiger partial charge in [0, 0.05) is 10.7 Å². The SMILES string of the molecule is Cc1cc(NS(=O)(=O)c2cccc(Cl)c2)ccc1C(=O)O. The van der Waals surface area contributed by atoms with Gasteiger partial charge in [-0.15, -0.1) is 0 Å². The number of sulfonamides is 1. The van der Waals surface area contributed by atoms with E-state index in [2.05, 4.69) is 4.72 Å². The molecule has 0 fully saturated rings. The van der Waals surface area contributed by atoms with Crippen LogP contribution in [0.4, 0.5) is 5.69 Å². The predicted molar refractivity (Wildman–Crippen MR) is 80.4 cm³/mol. The average Bonchev–Trinajstić information content (AvgIpc) is 2.37. The van der Waals surface area contributed by atoms with Gasteiger partial charge in [0.15, 0.2) is 0 Å². The fourth-order valence-corrected chi connectivity index (χ4v) is 3.17. The second-order valence-corrected chi connectivity index (χ2v) is 6.52. The van der Waals surface area contributed by atoms with Crippen LogP contribution < -0.4 is 4.72 Å². The first-order chi connectivity index (χ1) is 9.79. The molecule has 2 aromatic carbocycles. The number of anilines is 1. The van der Waals surface area contributed by atoms with E-state index in [1.54, 1.807) is 13.0 Å². The van der Waals surface area contributed by atoms with Crippen LogP contribution in [-0.2, 0) is 10.0 Å². The molecule has 0 radical (unpaired) electrons. The van der Waals surface area contributed by atoms with E-state index in [0.717, 1.165) is 0 Å². The minimum Gasteiger partial charge on any atom is -0.478 e. The third-order valence-corrected chi connectivity index (χ3v) is 4.43. The molecule has 5 nitrogen and oxygen atoms in total. The summed E-state index contributed by atoms with van der Waals surface area (Å²) >= 11 is 5.78. The molecule has 7 heteroatoms. The molecule has 0 unspecified atom stereocenters. The first kappa shape index (κ1) is 15.3. The van der Waals surface area contributed by atoms with Crippen LogP contribution in [-0.4, -0.2) is 19.5 Å². The van der Waals surface area contributed by atoms with E-state index in [1.807, 2.05) is 0 Å². The Morgan fingerprint density at radius 2 is 1.90 bits per heavy atom. The van der Waals surface area contributed by atoms with Crippen molar-refractivity contribution in [1.82, 2.24) is 0 Å². The van der Waals surface area contributed by atoms with Gasteiger partial charge in [-0.25, -0.2) is 13.2 Å². The molecule has 21 heavy (non-hydrogen) atoms. The van der Waals surface area contributed by atoms with E-state index in [1.165, 1.54) is 36.4 Å². The van der Waals surface area contributed by atoms with E-state index < -0.39 is 16.0 Å². The summed E-state index contributed by atoms with van der Waals surface area (Å²) in [5, 5.41) is 9.26. The van der Waals surface area contributed by atoms with Crippen LogP contribution in [0.15, 0.2) is 47.4 Å². The molecule has 0 aliphatic rings. The van der Waals surface area contributed by atoms with Gasteiger partial charge in [-0.05, 0) is 48.9 Å². The van der Waals surface area contributed by atoms with Crippen molar-refractivity contribution in [1.29, 1.82) is 0 Å². The lowest BCUT2D eigenvalue weighted by Crippen LogP contribution is -2.13. The Balaban J connectivity index is 2.33. The van der Waals surface area contributed by atoms with Gasteiger partial charge in [-0.2, -0.15) is 0 Å². The normalized spacial score (nSPS) is 11.1. The Labute approximate surface area is 127 Å². The molecule has 2 N–H and O–H groups in total. The number of rotatable bonds is 4.